The van der Waals surface area contributed by atoms with Crippen molar-refractivity contribution in [2.24, 2.45) is 0 Å². The van der Waals surface area contributed by atoms with Gasteiger partial charge in [0.05, 0.1) is 27.8 Å². The lowest BCUT2D eigenvalue weighted by molar-refractivity contribution is 0.600. The van der Waals surface area contributed by atoms with Gasteiger partial charge in [-0.25, -0.2) is 4.98 Å². The first-order chi connectivity index (χ1) is 19.4. The lowest BCUT2D eigenvalue weighted by Crippen LogP contribution is -1.98. The van der Waals surface area contributed by atoms with E-state index < -0.39 is 0 Å². The van der Waals surface area contributed by atoms with Crippen molar-refractivity contribution >= 4 is 65.5 Å². The van der Waals surface area contributed by atoms with Crippen LogP contribution in [0.4, 0.5) is 0 Å². The maximum Gasteiger partial charge on any atom is 0.182 e. The molecule has 0 aliphatic carbocycles. The van der Waals surface area contributed by atoms with E-state index in [9.17, 15) is 0 Å². The fraction of sp³-hybridized carbons (Fsp3) is 0. The van der Waals surface area contributed by atoms with E-state index in [0.29, 0.717) is 0 Å². The number of nitrogens with zero attached hydrogens (tertiary/aromatic N) is 3. The molecule has 4 nitrogen and oxygen atoms in total. The van der Waals surface area contributed by atoms with Crippen LogP contribution in [0.5, 0.6) is 0 Å². The van der Waals surface area contributed by atoms with Crippen LogP contribution in [0.1, 0.15) is 0 Å². The maximum absolute atomic E-state index is 5.97. The van der Waals surface area contributed by atoms with E-state index in [2.05, 4.69) is 129 Å². The number of hydrogen-bond donors (Lipinski definition) is 0. The predicted molar refractivity (Wildman–Crippen MR) is 160 cm³/mol. The Balaban J connectivity index is 1.61. The zero-order valence-electron chi connectivity index (χ0n) is 20.9. The number of rotatable bonds is 2. The molecule has 4 heteroatoms. The monoisotopic (exact) mass is 499 g/mol. The van der Waals surface area contributed by atoms with Gasteiger partial charge in [-0.05, 0) is 41.8 Å². The van der Waals surface area contributed by atoms with Gasteiger partial charge in [0.15, 0.2) is 12.0 Å². The Bertz CT molecular complexity index is 2380. The zero-order chi connectivity index (χ0) is 25.5. The second kappa shape index (κ2) is 7.59. The summed E-state index contributed by atoms with van der Waals surface area (Å²) >= 11 is 0. The quantitative estimate of drug-likeness (QED) is 0.238. The third kappa shape index (κ3) is 2.70. The highest BCUT2D eigenvalue weighted by Gasteiger charge is 2.22. The number of aromatic nitrogens is 3. The van der Waals surface area contributed by atoms with Crippen LogP contribution in [0.25, 0.3) is 76.9 Å². The summed E-state index contributed by atoms with van der Waals surface area (Å²) in [6, 6.07) is 43.3. The molecule has 0 aliphatic heterocycles. The van der Waals surface area contributed by atoms with Gasteiger partial charge in [0.1, 0.15) is 5.52 Å². The van der Waals surface area contributed by atoms with Crippen LogP contribution in [0.3, 0.4) is 0 Å². The van der Waals surface area contributed by atoms with Crippen molar-refractivity contribution in [3.05, 3.63) is 128 Å². The van der Waals surface area contributed by atoms with E-state index in [4.69, 9.17) is 4.42 Å². The van der Waals surface area contributed by atoms with Gasteiger partial charge < -0.3 is 13.6 Å². The molecule has 0 unspecified atom stereocenters. The summed E-state index contributed by atoms with van der Waals surface area (Å²) in [6.07, 6.45) is 1.53. The number of benzene rings is 6. The largest absolute Gasteiger partial charge is 0.441 e. The molecule has 0 aliphatic rings. The summed E-state index contributed by atoms with van der Waals surface area (Å²) in [7, 11) is 0. The van der Waals surface area contributed by atoms with Crippen LogP contribution < -0.4 is 0 Å². The lowest BCUT2D eigenvalue weighted by Gasteiger charge is -2.13. The zero-order valence-corrected chi connectivity index (χ0v) is 20.9. The second-order valence-electron chi connectivity index (χ2n) is 10.0. The first-order valence-corrected chi connectivity index (χ1v) is 13.1. The minimum atomic E-state index is 0.785. The topological polar surface area (TPSA) is 35.9 Å². The molecule has 0 amide bonds. The molecule has 9 aromatic rings. The van der Waals surface area contributed by atoms with Crippen LogP contribution in [0, 0.1) is 0 Å². The van der Waals surface area contributed by atoms with E-state index in [1.807, 2.05) is 6.07 Å². The Morgan fingerprint density at radius 2 is 1.15 bits per heavy atom. The van der Waals surface area contributed by atoms with Gasteiger partial charge >= 0.3 is 0 Å². The first-order valence-electron chi connectivity index (χ1n) is 13.1. The van der Waals surface area contributed by atoms with Crippen LogP contribution >= 0.6 is 0 Å². The molecule has 0 bridgehead atoms. The fourth-order valence-corrected chi connectivity index (χ4v) is 6.46. The minimum Gasteiger partial charge on any atom is -0.441 e. The van der Waals surface area contributed by atoms with Gasteiger partial charge in [-0.1, -0.05) is 84.9 Å². The van der Waals surface area contributed by atoms with E-state index in [1.54, 1.807) is 0 Å². The number of para-hydroxylation sites is 4. The predicted octanol–water partition coefficient (Wildman–Crippen LogP) is 9.18. The summed E-state index contributed by atoms with van der Waals surface area (Å²) in [5, 5.41) is 7.33. The molecule has 3 aromatic heterocycles. The normalized spacial score (nSPS) is 12.1. The summed E-state index contributed by atoms with van der Waals surface area (Å²) < 4.78 is 10.8. The van der Waals surface area contributed by atoms with E-state index in [1.165, 1.54) is 55.3 Å². The number of fused-ring (bicyclic) bond motifs is 10. The van der Waals surface area contributed by atoms with Crippen molar-refractivity contribution < 1.29 is 4.42 Å². The van der Waals surface area contributed by atoms with Crippen molar-refractivity contribution in [3.8, 4) is 11.4 Å². The Morgan fingerprint density at radius 1 is 0.513 bits per heavy atom. The molecule has 0 spiro atoms. The molecule has 0 saturated heterocycles. The maximum atomic E-state index is 5.97. The Hall–Kier alpha value is -5.35. The summed E-state index contributed by atoms with van der Waals surface area (Å²) in [4.78, 5) is 4.46. The van der Waals surface area contributed by atoms with Crippen molar-refractivity contribution in [1.82, 2.24) is 14.1 Å². The van der Waals surface area contributed by atoms with E-state index in [0.717, 1.165) is 28.0 Å². The minimum absolute atomic E-state index is 0.785. The van der Waals surface area contributed by atoms with Gasteiger partial charge in [0.25, 0.3) is 0 Å². The third-order valence-corrected chi connectivity index (χ3v) is 8.04. The molecule has 0 N–H and O–H groups in total. The molecule has 0 radical (unpaired) electrons. The van der Waals surface area contributed by atoms with E-state index >= 15 is 0 Å². The second-order valence-corrected chi connectivity index (χ2v) is 10.0. The Kier molecular flexibility index (Phi) is 4.02. The van der Waals surface area contributed by atoms with Crippen molar-refractivity contribution in [3.63, 3.8) is 0 Å². The van der Waals surface area contributed by atoms with Crippen molar-refractivity contribution in [2.45, 2.75) is 0 Å². The first kappa shape index (κ1) is 20.7. The van der Waals surface area contributed by atoms with Gasteiger partial charge in [-0.3, -0.25) is 0 Å². The highest BCUT2D eigenvalue weighted by atomic mass is 16.3. The average molecular weight is 500 g/mol. The SMILES string of the molecule is c1ccc(-n2c3ccccc3c3ccc4ccc5c6ccccc6n(-c6cccc7ncoc67)c5c4c32)cc1. The highest BCUT2D eigenvalue weighted by molar-refractivity contribution is 6.28. The Morgan fingerprint density at radius 3 is 1.90 bits per heavy atom. The summed E-state index contributed by atoms with van der Waals surface area (Å²) in [5.41, 5.74) is 8.49. The van der Waals surface area contributed by atoms with Gasteiger partial charge in [-0.2, -0.15) is 0 Å². The van der Waals surface area contributed by atoms with Crippen LogP contribution in [0.15, 0.2) is 132 Å². The van der Waals surface area contributed by atoms with Crippen LogP contribution in [0.2, 0.25) is 0 Å². The fourth-order valence-electron chi connectivity index (χ4n) is 6.46. The van der Waals surface area contributed by atoms with Crippen molar-refractivity contribution in [2.75, 3.05) is 0 Å². The molecule has 6 aromatic carbocycles. The molecule has 182 valence electrons. The molecule has 0 atom stereocenters. The third-order valence-electron chi connectivity index (χ3n) is 8.04. The molecule has 9 rings (SSSR count). The summed E-state index contributed by atoms with van der Waals surface area (Å²) in [6.45, 7) is 0. The molecule has 3 heterocycles. The molecular weight excluding hydrogens is 478 g/mol. The number of oxazole rings is 1. The van der Waals surface area contributed by atoms with Gasteiger partial charge in [0.2, 0.25) is 0 Å². The average Bonchev–Trinajstić information content (AvgIpc) is 3.70. The smallest absolute Gasteiger partial charge is 0.182 e. The van der Waals surface area contributed by atoms with Gasteiger partial charge in [-0.15, -0.1) is 0 Å². The molecular formula is C35H21N3O. The van der Waals surface area contributed by atoms with Crippen LogP contribution in [-0.4, -0.2) is 14.1 Å². The van der Waals surface area contributed by atoms with Crippen molar-refractivity contribution in [1.29, 1.82) is 0 Å². The lowest BCUT2D eigenvalue weighted by atomic mass is 10.0. The standard InChI is InChI=1S/C35H21N3O/c1-2-9-23(10-3-1)37-29-14-6-4-11-24(29)26-19-17-22-18-20-27-25-12-5-7-15-30(25)38(34(27)32(22)33(26)37)31-16-8-13-28-35(31)39-21-36-28/h1-21H. The molecule has 0 saturated carbocycles. The van der Waals surface area contributed by atoms with Gasteiger partial charge in [0, 0.05) is 32.6 Å². The highest BCUT2D eigenvalue weighted by Crippen LogP contribution is 2.43. The summed E-state index contributed by atoms with van der Waals surface area (Å²) in [5.74, 6) is 0. The van der Waals surface area contributed by atoms with Crippen LogP contribution in [-0.2, 0) is 0 Å². The number of hydrogen-bond acceptors (Lipinski definition) is 2. The molecule has 39 heavy (non-hydrogen) atoms. The molecule has 0 fully saturated rings. The van der Waals surface area contributed by atoms with E-state index in [-0.39, 0.29) is 0 Å². The Labute approximate surface area is 222 Å².